The van der Waals surface area contributed by atoms with Gasteiger partial charge in [0.1, 0.15) is 0 Å². The summed E-state index contributed by atoms with van der Waals surface area (Å²) in [7, 11) is 0. The second-order valence-electron chi connectivity index (χ2n) is 5.60. The Morgan fingerprint density at radius 2 is 1.75 bits per heavy atom. The van der Waals surface area contributed by atoms with E-state index in [1.165, 1.54) is 25.7 Å². The Morgan fingerprint density at radius 3 is 2.56 bits per heavy atom. The Morgan fingerprint density at radius 1 is 1.00 bits per heavy atom. The van der Waals surface area contributed by atoms with Gasteiger partial charge in [-0.05, 0) is 38.6 Å². The fourth-order valence-electron chi connectivity index (χ4n) is 3.73. The van der Waals surface area contributed by atoms with Crippen LogP contribution >= 0.6 is 0 Å². The summed E-state index contributed by atoms with van der Waals surface area (Å²) in [4.78, 5) is 14.8. The van der Waals surface area contributed by atoms with Gasteiger partial charge < -0.3 is 10.2 Å². The molecule has 90 valence electrons. The van der Waals surface area contributed by atoms with Crippen molar-refractivity contribution in [3.8, 4) is 0 Å². The molecule has 0 spiro atoms. The lowest BCUT2D eigenvalue weighted by atomic mass is 10.0. The second kappa shape index (κ2) is 4.36. The van der Waals surface area contributed by atoms with Crippen molar-refractivity contribution in [2.75, 3.05) is 13.1 Å². The van der Waals surface area contributed by atoms with Crippen molar-refractivity contribution in [2.45, 2.75) is 57.0 Å². The lowest BCUT2D eigenvalue weighted by Crippen LogP contribution is -2.45. The molecule has 3 heteroatoms. The van der Waals surface area contributed by atoms with Gasteiger partial charge in [-0.1, -0.05) is 12.8 Å². The molecule has 2 unspecified atom stereocenters. The van der Waals surface area contributed by atoms with Crippen molar-refractivity contribution in [1.82, 2.24) is 10.2 Å². The van der Waals surface area contributed by atoms with Crippen molar-refractivity contribution in [2.24, 2.45) is 5.92 Å². The van der Waals surface area contributed by atoms with E-state index in [-0.39, 0.29) is 0 Å². The predicted molar refractivity (Wildman–Crippen MR) is 63.1 cm³/mol. The van der Waals surface area contributed by atoms with Gasteiger partial charge in [-0.3, -0.25) is 4.79 Å². The smallest absolute Gasteiger partial charge is 0.226 e. The minimum absolute atomic E-state index is 0.362. The Bertz CT molecular complexity index is 259. The fourth-order valence-corrected chi connectivity index (χ4v) is 3.73. The largest absolute Gasteiger partial charge is 0.335 e. The van der Waals surface area contributed by atoms with Gasteiger partial charge in [-0.25, -0.2) is 0 Å². The van der Waals surface area contributed by atoms with Crippen LogP contribution in [0.5, 0.6) is 0 Å². The third kappa shape index (κ3) is 1.75. The van der Waals surface area contributed by atoms with Crippen molar-refractivity contribution < 1.29 is 4.79 Å². The number of fused-ring (bicyclic) bond motifs is 2. The maximum atomic E-state index is 12.5. The van der Waals surface area contributed by atoms with Gasteiger partial charge in [0.2, 0.25) is 5.91 Å². The monoisotopic (exact) mass is 222 g/mol. The average Bonchev–Trinajstić information content (AvgIpc) is 2.84. The van der Waals surface area contributed by atoms with Crippen LogP contribution in [0.2, 0.25) is 0 Å². The van der Waals surface area contributed by atoms with Crippen molar-refractivity contribution in [3.05, 3.63) is 0 Å². The summed E-state index contributed by atoms with van der Waals surface area (Å²) in [6.45, 7) is 2.12. The van der Waals surface area contributed by atoms with Crippen molar-refractivity contribution in [1.29, 1.82) is 0 Å². The minimum atomic E-state index is 0.362. The van der Waals surface area contributed by atoms with Gasteiger partial charge in [-0.15, -0.1) is 0 Å². The van der Waals surface area contributed by atoms with Crippen LogP contribution in [0.25, 0.3) is 0 Å². The van der Waals surface area contributed by atoms with Crippen LogP contribution in [-0.2, 0) is 4.79 Å². The third-order valence-electron chi connectivity index (χ3n) is 4.61. The zero-order valence-electron chi connectivity index (χ0n) is 9.95. The number of carbonyl (C=O) groups excluding carboxylic acids is 1. The highest BCUT2D eigenvalue weighted by molar-refractivity contribution is 5.80. The van der Waals surface area contributed by atoms with E-state index in [0.29, 0.717) is 23.9 Å². The number of carbonyl (C=O) groups is 1. The summed E-state index contributed by atoms with van der Waals surface area (Å²) < 4.78 is 0. The zero-order valence-corrected chi connectivity index (χ0v) is 9.95. The molecule has 3 rings (SSSR count). The van der Waals surface area contributed by atoms with Crippen molar-refractivity contribution >= 4 is 5.91 Å². The predicted octanol–water partition coefficient (Wildman–Crippen LogP) is 1.53. The van der Waals surface area contributed by atoms with E-state index >= 15 is 0 Å². The van der Waals surface area contributed by atoms with Crippen LogP contribution in [0.4, 0.5) is 0 Å². The van der Waals surface area contributed by atoms with Gasteiger partial charge in [0.25, 0.3) is 0 Å². The number of rotatable bonds is 1. The van der Waals surface area contributed by atoms with Crippen LogP contribution < -0.4 is 5.32 Å². The molecule has 0 radical (unpaired) electrons. The molecule has 1 amide bonds. The topological polar surface area (TPSA) is 32.3 Å². The van der Waals surface area contributed by atoms with Crippen LogP contribution in [-0.4, -0.2) is 36.0 Å². The van der Waals surface area contributed by atoms with E-state index in [4.69, 9.17) is 0 Å². The number of nitrogens with one attached hydrogen (secondary N) is 1. The SMILES string of the molecule is O=C(C1CCCC1)N1C2CCNCC1CC2. The molecular formula is C13H22N2O. The molecule has 0 aromatic rings. The van der Waals surface area contributed by atoms with E-state index in [0.717, 1.165) is 32.4 Å². The normalized spacial score (nSPS) is 35.4. The molecule has 16 heavy (non-hydrogen) atoms. The molecule has 0 aromatic heterocycles. The summed E-state index contributed by atoms with van der Waals surface area (Å²) in [5, 5.41) is 3.46. The molecule has 2 atom stereocenters. The second-order valence-corrected chi connectivity index (χ2v) is 5.60. The van der Waals surface area contributed by atoms with Crippen molar-refractivity contribution in [3.63, 3.8) is 0 Å². The molecule has 2 bridgehead atoms. The van der Waals surface area contributed by atoms with E-state index in [9.17, 15) is 4.79 Å². The molecule has 3 nitrogen and oxygen atoms in total. The first-order valence-electron chi connectivity index (χ1n) is 6.89. The minimum Gasteiger partial charge on any atom is -0.335 e. The quantitative estimate of drug-likeness (QED) is 0.729. The molecule has 2 heterocycles. The van der Waals surface area contributed by atoms with E-state index in [2.05, 4.69) is 10.2 Å². The maximum absolute atomic E-state index is 12.5. The number of amides is 1. The summed E-state index contributed by atoms with van der Waals surface area (Å²) in [5.74, 6) is 0.842. The standard InChI is InChI=1S/C13H22N2O/c16-13(10-3-1-2-4-10)15-11-5-6-12(15)9-14-8-7-11/h10-12,14H,1-9H2. The van der Waals surface area contributed by atoms with E-state index in [1.807, 2.05) is 0 Å². The number of nitrogens with zero attached hydrogens (tertiary/aromatic N) is 1. The van der Waals surface area contributed by atoms with Gasteiger partial charge >= 0.3 is 0 Å². The van der Waals surface area contributed by atoms with Crippen LogP contribution in [0, 0.1) is 5.92 Å². The molecule has 3 fully saturated rings. The maximum Gasteiger partial charge on any atom is 0.226 e. The molecule has 1 saturated carbocycles. The lowest BCUT2D eigenvalue weighted by Gasteiger charge is -2.30. The molecule has 0 aromatic carbocycles. The Balaban J connectivity index is 1.74. The first-order valence-corrected chi connectivity index (χ1v) is 6.89. The van der Waals surface area contributed by atoms with Crippen LogP contribution in [0.3, 0.4) is 0 Å². The highest BCUT2D eigenvalue weighted by atomic mass is 16.2. The highest BCUT2D eigenvalue weighted by Crippen LogP contribution is 2.33. The lowest BCUT2D eigenvalue weighted by molar-refractivity contribution is -0.138. The van der Waals surface area contributed by atoms with Gasteiger partial charge in [-0.2, -0.15) is 0 Å². The molecule has 1 aliphatic carbocycles. The zero-order chi connectivity index (χ0) is 11.0. The first-order chi connectivity index (χ1) is 7.86. The summed E-state index contributed by atoms with van der Waals surface area (Å²) in [6, 6.07) is 1.05. The summed E-state index contributed by atoms with van der Waals surface area (Å²) in [6.07, 6.45) is 8.43. The third-order valence-corrected chi connectivity index (χ3v) is 4.61. The summed E-state index contributed by atoms with van der Waals surface area (Å²) in [5.41, 5.74) is 0. The van der Waals surface area contributed by atoms with Crippen LogP contribution in [0.1, 0.15) is 44.9 Å². The number of hydrogen-bond donors (Lipinski definition) is 1. The fraction of sp³-hybridized carbons (Fsp3) is 0.923. The van der Waals surface area contributed by atoms with Gasteiger partial charge in [0, 0.05) is 24.5 Å². The van der Waals surface area contributed by atoms with Gasteiger partial charge in [0.05, 0.1) is 0 Å². The van der Waals surface area contributed by atoms with E-state index in [1.54, 1.807) is 0 Å². The molecule has 1 N–H and O–H groups in total. The van der Waals surface area contributed by atoms with Crippen LogP contribution in [0.15, 0.2) is 0 Å². The first kappa shape index (κ1) is 10.6. The van der Waals surface area contributed by atoms with E-state index < -0.39 is 0 Å². The average molecular weight is 222 g/mol. The summed E-state index contributed by atoms with van der Waals surface area (Å²) >= 11 is 0. The Kier molecular flexibility index (Phi) is 2.88. The Labute approximate surface area is 97.6 Å². The molecule has 3 aliphatic rings. The highest BCUT2D eigenvalue weighted by Gasteiger charge is 2.40. The number of hydrogen-bond acceptors (Lipinski definition) is 2. The molecule has 2 aliphatic heterocycles. The molecule has 2 saturated heterocycles. The van der Waals surface area contributed by atoms with Gasteiger partial charge in [0.15, 0.2) is 0 Å². The molecular weight excluding hydrogens is 200 g/mol. The Hall–Kier alpha value is -0.570.